The molecule has 0 bridgehead atoms. The molecule has 0 unspecified atom stereocenters. The van der Waals surface area contributed by atoms with Crippen LogP contribution in [0.2, 0.25) is 0 Å². The van der Waals surface area contributed by atoms with E-state index in [0.29, 0.717) is 17.5 Å². The van der Waals surface area contributed by atoms with E-state index < -0.39 is 0 Å². The molecule has 0 aliphatic heterocycles. The van der Waals surface area contributed by atoms with Gasteiger partial charge in [0.15, 0.2) is 0 Å². The van der Waals surface area contributed by atoms with Crippen LogP contribution in [0.15, 0.2) is 18.2 Å². The molecular formula is C9H7NO2SW. The van der Waals surface area contributed by atoms with E-state index in [1.807, 2.05) is 0 Å². The Morgan fingerprint density at radius 2 is 2.29 bits per heavy atom. The Morgan fingerprint density at radius 1 is 1.57 bits per heavy atom. The molecular weight excluding hydrogens is 370 g/mol. The zero-order chi connectivity index (χ0) is 9.68. The van der Waals surface area contributed by atoms with Crippen LogP contribution >= 0.6 is 12.6 Å². The van der Waals surface area contributed by atoms with Crippen molar-refractivity contribution in [2.24, 2.45) is 0 Å². The third kappa shape index (κ3) is 3.98. The van der Waals surface area contributed by atoms with Crippen molar-refractivity contribution in [1.29, 1.82) is 0 Å². The van der Waals surface area contributed by atoms with Gasteiger partial charge in [-0.05, 0) is 0 Å². The number of nitrogens with one attached hydrogen (secondary N) is 1. The molecule has 0 radical (unpaired) electrons. The molecule has 0 heterocycles. The van der Waals surface area contributed by atoms with Gasteiger partial charge in [-0.2, -0.15) is 18.2 Å². The standard InChI is InChI=1S/C9H7NO2S.W/c11-5-7-1-3-8(4-2-7)10-9(12)6-13;/h1-3,5-6,13H,(H,10,12);/q-2;+2. The maximum absolute atomic E-state index is 10.8. The minimum Gasteiger partial charge on any atom is -0.374 e. The fourth-order valence-electron chi connectivity index (χ4n) is 0.753. The van der Waals surface area contributed by atoms with E-state index in [-0.39, 0.29) is 27.0 Å². The Morgan fingerprint density at radius 3 is 2.71 bits per heavy atom. The van der Waals surface area contributed by atoms with Crippen molar-refractivity contribution in [3.63, 3.8) is 0 Å². The second-order valence-corrected chi connectivity index (χ2v) is 2.53. The van der Waals surface area contributed by atoms with Gasteiger partial charge in [0, 0.05) is 0 Å². The number of amides is 1. The van der Waals surface area contributed by atoms with Crippen LogP contribution in [0.4, 0.5) is 5.69 Å². The average molecular weight is 377 g/mol. The first-order valence-corrected chi connectivity index (χ1v) is 4.03. The topological polar surface area (TPSA) is 46.2 Å². The molecule has 0 saturated carbocycles. The average Bonchev–Trinajstić information content (AvgIpc) is 2.19. The number of carbonyl (C=O) groups excluding carboxylic acids is 2. The summed E-state index contributed by atoms with van der Waals surface area (Å²) in [6.45, 7) is 0. The summed E-state index contributed by atoms with van der Waals surface area (Å²) in [5, 5.41) is 2.50. The summed E-state index contributed by atoms with van der Waals surface area (Å²) in [5.74, 6) is 0.792. The molecule has 1 aromatic rings. The van der Waals surface area contributed by atoms with E-state index in [0.717, 1.165) is 5.75 Å². The Bertz CT molecular complexity index is 313. The second-order valence-electron chi connectivity index (χ2n) is 2.27. The predicted octanol–water partition coefficient (Wildman–Crippen LogP) is 1.33. The zero-order valence-electron chi connectivity index (χ0n) is 7.06. The number of carbonyl (C=O) groups is 2. The number of hydrogen-bond donors (Lipinski definition) is 2. The molecule has 1 N–H and O–H groups in total. The van der Waals surface area contributed by atoms with Crippen molar-refractivity contribution in [2.75, 3.05) is 5.32 Å². The molecule has 0 spiro atoms. The summed E-state index contributed by atoms with van der Waals surface area (Å²) in [5.41, 5.74) is 1.04. The third-order valence-corrected chi connectivity index (χ3v) is 1.58. The molecule has 14 heavy (non-hydrogen) atoms. The van der Waals surface area contributed by atoms with E-state index in [2.05, 4.69) is 24.0 Å². The number of benzene rings is 1. The van der Waals surface area contributed by atoms with Crippen LogP contribution in [0, 0.1) is 11.8 Å². The Kier molecular flexibility index (Phi) is 6.33. The summed E-state index contributed by atoms with van der Waals surface area (Å²) in [4.78, 5) is 21.1. The molecule has 0 aliphatic rings. The normalized spacial score (nSPS) is 8.36. The van der Waals surface area contributed by atoms with Crippen LogP contribution in [-0.4, -0.2) is 12.2 Å². The monoisotopic (exact) mass is 377 g/mol. The quantitative estimate of drug-likeness (QED) is 0.475. The van der Waals surface area contributed by atoms with E-state index in [1.54, 1.807) is 12.1 Å². The Labute approximate surface area is 102 Å². The van der Waals surface area contributed by atoms with Gasteiger partial charge in [-0.3, -0.25) is 5.75 Å². The first-order chi connectivity index (χ1) is 6.26. The van der Waals surface area contributed by atoms with E-state index >= 15 is 0 Å². The number of hydrogen-bond acceptors (Lipinski definition) is 3. The fourth-order valence-corrected chi connectivity index (χ4v) is 0.817. The number of rotatable bonds is 3. The molecule has 3 nitrogen and oxygen atoms in total. The third-order valence-electron chi connectivity index (χ3n) is 1.35. The smallest absolute Gasteiger partial charge is 0.374 e. The second kappa shape index (κ2) is 6.68. The molecule has 1 amide bonds. The van der Waals surface area contributed by atoms with Crippen molar-refractivity contribution >= 4 is 30.5 Å². The van der Waals surface area contributed by atoms with Gasteiger partial charge in [-0.25, -0.2) is 0 Å². The van der Waals surface area contributed by atoms with Crippen LogP contribution < -0.4 is 5.32 Å². The number of anilines is 1. The van der Waals surface area contributed by atoms with Gasteiger partial charge in [-0.15, -0.1) is 6.07 Å². The maximum Gasteiger partial charge on any atom is 2.00 e. The van der Waals surface area contributed by atoms with Gasteiger partial charge < -0.3 is 27.5 Å². The zero-order valence-corrected chi connectivity index (χ0v) is 10.9. The number of thiol groups is 1. The minimum atomic E-state index is -0.321. The summed E-state index contributed by atoms with van der Waals surface area (Å²) in [6, 6.07) is 7.43. The van der Waals surface area contributed by atoms with Crippen LogP contribution in [0.25, 0.3) is 0 Å². The molecule has 0 fully saturated rings. The largest absolute Gasteiger partial charge is 2.00 e. The molecule has 72 valence electrons. The predicted molar refractivity (Wildman–Crippen MR) is 52.6 cm³/mol. The molecule has 1 rings (SSSR count). The van der Waals surface area contributed by atoms with Crippen LogP contribution in [0.5, 0.6) is 0 Å². The molecule has 0 saturated heterocycles. The van der Waals surface area contributed by atoms with Gasteiger partial charge in [0.05, 0.1) is 12.2 Å². The van der Waals surface area contributed by atoms with Crippen molar-refractivity contribution in [1.82, 2.24) is 0 Å². The fraction of sp³-hybridized carbons (Fsp3) is 0. The summed E-state index contributed by atoms with van der Waals surface area (Å²) >= 11 is 3.68. The van der Waals surface area contributed by atoms with Gasteiger partial charge in [-0.1, -0.05) is 11.3 Å². The van der Waals surface area contributed by atoms with Crippen molar-refractivity contribution in [3.05, 3.63) is 35.6 Å². The molecule has 1 aromatic carbocycles. The molecule has 0 atom stereocenters. The van der Waals surface area contributed by atoms with Crippen molar-refractivity contribution < 1.29 is 30.7 Å². The van der Waals surface area contributed by atoms with Crippen LogP contribution in [-0.2, 0) is 25.9 Å². The van der Waals surface area contributed by atoms with E-state index in [1.165, 1.54) is 6.07 Å². The summed E-state index contributed by atoms with van der Waals surface area (Å²) in [6.07, 6.45) is 0.715. The van der Waals surface area contributed by atoms with Crippen molar-refractivity contribution in [3.8, 4) is 0 Å². The Balaban J connectivity index is 0.00000169. The van der Waals surface area contributed by atoms with Gasteiger partial charge in [0.1, 0.15) is 0 Å². The Hall–Kier alpha value is -0.732. The molecule has 0 aliphatic carbocycles. The van der Waals surface area contributed by atoms with E-state index in [9.17, 15) is 9.59 Å². The number of aldehydes is 1. The minimum absolute atomic E-state index is 0. The SMILES string of the molecule is O=Cc1c[c-]c(NC(=O)[CH-]S)cc1.[W+2]. The molecule has 5 heteroatoms. The first kappa shape index (κ1) is 13.3. The van der Waals surface area contributed by atoms with Gasteiger partial charge in [0.2, 0.25) is 0 Å². The first-order valence-electron chi connectivity index (χ1n) is 3.51. The maximum atomic E-state index is 10.8. The van der Waals surface area contributed by atoms with Gasteiger partial charge >= 0.3 is 21.1 Å². The van der Waals surface area contributed by atoms with Crippen LogP contribution in [0.1, 0.15) is 10.4 Å². The van der Waals surface area contributed by atoms with Crippen molar-refractivity contribution in [2.45, 2.75) is 0 Å². The van der Waals surface area contributed by atoms with Gasteiger partial charge in [0.25, 0.3) is 0 Å². The van der Waals surface area contributed by atoms with E-state index in [4.69, 9.17) is 0 Å². The summed E-state index contributed by atoms with van der Waals surface area (Å²) in [7, 11) is 0. The molecule has 0 aromatic heterocycles. The summed E-state index contributed by atoms with van der Waals surface area (Å²) < 4.78 is 0. The van der Waals surface area contributed by atoms with Crippen LogP contribution in [0.3, 0.4) is 0 Å².